The molecule has 0 aliphatic carbocycles. The number of para-hydroxylation sites is 1. The number of pyridine rings is 1. The third-order valence-corrected chi connectivity index (χ3v) is 3.37. The molecule has 122 valence electrons. The van der Waals surface area contributed by atoms with Crippen molar-refractivity contribution in [1.29, 1.82) is 0 Å². The van der Waals surface area contributed by atoms with Gasteiger partial charge in [0.25, 0.3) is 5.91 Å². The van der Waals surface area contributed by atoms with Crippen LogP contribution < -0.4 is 4.74 Å². The van der Waals surface area contributed by atoms with Gasteiger partial charge in [-0.2, -0.15) is 0 Å². The summed E-state index contributed by atoms with van der Waals surface area (Å²) in [6.45, 7) is 0.624. The highest BCUT2D eigenvalue weighted by molar-refractivity contribution is 5.91. The summed E-state index contributed by atoms with van der Waals surface area (Å²) in [6.07, 6.45) is 4.78. The highest BCUT2D eigenvalue weighted by atomic mass is 16.5. The molecule has 2 heterocycles. The quantitative estimate of drug-likeness (QED) is 0.697. The van der Waals surface area contributed by atoms with Crippen LogP contribution in [0.2, 0.25) is 0 Å². The van der Waals surface area contributed by atoms with Crippen molar-refractivity contribution in [3.8, 4) is 5.75 Å². The van der Waals surface area contributed by atoms with Crippen LogP contribution in [-0.4, -0.2) is 27.8 Å². The lowest BCUT2D eigenvalue weighted by atomic mass is 10.2. The maximum absolute atomic E-state index is 12.4. The van der Waals surface area contributed by atoms with E-state index in [1.54, 1.807) is 24.3 Å². The molecule has 2 aromatic heterocycles. The number of amides is 1. The van der Waals surface area contributed by atoms with Crippen molar-refractivity contribution < 1.29 is 13.9 Å². The molecule has 3 aromatic rings. The Kier molecular flexibility index (Phi) is 4.86. The lowest BCUT2D eigenvalue weighted by Gasteiger charge is -2.15. The number of benzene rings is 1. The molecule has 6 nitrogen and oxygen atoms in total. The third kappa shape index (κ3) is 3.98. The molecule has 0 radical (unpaired) electrons. The maximum atomic E-state index is 12.4. The summed E-state index contributed by atoms with van der Waals surface area (Å²) in [6, 6.07) is 13.1. The molecule has 3 rings (SSSR count). The van der Waals surface area contributed by atoms with E-state index in [4.69, 9.17) is 9.15 Å². The molecule has 0 bridgehead atoms. The van der Waals surface area contributed by atoms with Gasteiger partial charge in [-0.05, 0) is 23.8 Å². The van der Waals surface area contributed by atoms with E-state index in [9.17, 15) is 4.79 Å². The normalized spacial score (nSPS) is 10.4. The minimum absolute atomic E-state index is 0.170. The van der Waals surface area contributed by atoms with Crippen molar-refractivity contribution in [1.82, 2.24) is 14.9 Å². The number of rotatable bonds is 6. The Balaban J connectivity index is 1.59. The Bertz CT molecular complexity index is 788. The Labute approximate surface area is 139 Å². The lowest BCUT2D eigenvalue weighted by molar-refractivity contribution is 0.0779. The van der Waals surface area contributed by atoms with E-state index in [0.29, 0.717) is 12.4 Å². The molecule has 0 saturated heterocycles. The molecule has 0 N–H and O–H groups in total. The topological polar surface area (TPSA) is 68.5 Å². The van der Waals surface area contributed by atoms with Gasteiger partial charge in [0.05, 0.1) is 0 Å². The van der Waals surface area contributed by atoms with Crippen LogP contribution in [0, 0.1) is 0 Å². The zero-order valence-electron chi connectivity index (χ0n) is 13.3. The molecule has 0 spiro atoms. The number of aromatic nitrogens is 2. The second kappa shape index (κ2) is 7.41. The molecule has 1 aromatic carbocycles. The van der Waals surface area contributed by atoms with Crippen molar-refractivity contribution in [3.63, 3.8) is 0 Å². The van der Waals surface area contributed by atoms with Crippen LogP contribution in [0.1, 0.15) is 21.9 Å². The van der Waals surface area contributed by atoms with Crippen molar-refractivity contribution in [2.75, 3.05) is 7.05 Å². The fourth-order valence-electron chi connectivity index (χ4n) is 2.17. The lowest BCUT2D eigenvalue weighted by Crippen LogP contribution is -2.26. The molecule has 0 saturated carbocycles. The number of hydrogen-bond donors (Lipinski definition) is 0. The van der Waals surface area contributed by atoms with Crippen molar-refractivity contribution in [2.45, 2.75) is 13.2 Å². The first kappa shape index (κ1) is 15.7. The van der Waals surface area contributed by atoms with E-state index in [0.717, 1.165) is 11.3 Å². The average Bonchev–Trinajstić information content (AvgIpc) is 3.10. The smallest absolute Gasteiger partial charge is 0.275 e. The number of hydrogen-bond acceptors (Lipinski definition) is 5. The fraction of sp³-hybridized carbons (Fsp3) is 0.167. The summed E-state index contributed by atoms with van der Waals surface area (Å²) in [5, 5.41) is 0. The Morgan fingerprint density at radius 1 is 1.21 bits per heavy atom. The van der Waals surface area contributed by atoms with Gasteiger partial charge in [-0.1, -0.05) is 24.3 Å². The summed E-state index contributed by atoms with van der Waals surface area (Å²) in [4.78, 5) is 22.2. The van der Waals surface area contributed by atoms with Crippen molar-refractivity contribution >= 4 is 5.91 Å². The molecular formula is C18H17N3O3. The van der Waals surface area contributed by atoms with Crippen LogP contribution in [0.3, 0.4) is 0 Å². The molecule has 24 heavy (non-hydrogen) atoms. The standard InChI is InChI=1S/C18H17N3O3/c1-21(11-14-6-5-9-19-10-14)18(22)16-12-24-17(20-16)13-23-15-7-3-2-4-8-15/h2-10,12H,11,13H2,1H3. The number of oxazole rings is 1. The molecule has 0 atom stereocenters. The van der Waals surface area contributed by atoms with Crippen LogP contribution in [-0.2, 0) is 13.2 Å². The second-order valence-corrected chi connectivity index (χ2v) is 5.25. The van der Waals surface area contributed by atoms with Gasteiger partial charge in [0.1, 0.15) is 12.0 Å². The summed E-state index contributed by atoms with van der Waals surface area (Å²) in [5.74, 6) is 0.864. The molecule has 0 unspecified atom stereocenters. The fourth-order valence-corrected chi connectivity index (χ4v) is 2.17. The second-order valence-electron chi connectivity index (χ2n) is 5.25. The summed E-state index contributed by atoms with van der Waals surface area (Å²) in [5.41, 5.74) is 1.21. The Morgan fingerprint density at radius 2 is 2.04 bits per heavy atom. The van der Waals surface area contributed by atoms with Gasteiger partial charge in [0, 0.05) is 26.0 Å². The Morgan fingerprint density at radius 3 is 2.79 bits per heavy atom. The SMILES string of the molecule is CN(Cc1cccnc1)C(=O)c1coc(COc2ccccc2)n1. The van der Waals surface area contributed by atoms with Gasteiger partial charge in [-0.3, -0.25) is 9.78 Å². The van der Waals surface area contributed by atoms with Crippen LogP contribution >= 0.6 is 0 Å². The first-order valence-electron chi connectivity index (χ1n) is 7.49. The van der Waals surface area contributed by atoms with E-state index in [1.165, 1.54) is 6.26 Å². The minimum Gasteiger partial charge on any atom is -0.484 e. The molecule has 0 aliphatic heterocycles. The van der Waals surface area contributed by atoms with Crippen LogP contribution in [0.5, 0.6) is 5.75 Å². The van der Waals surface area contributed by atoms with E-state index >= 15 is 0 Å². The summed E-state index contributed by atoms with van der Waals surface area (Å²) >= 11 is 0. The van der Waals surface area contributed by atoms with E-state index in [-0.39, 0.29) is 18.2 Å². The number of nitrogens with zero attached hydrogens (tertiary/aromatic N) is 3. The molecule has 0 aliphatic rings. The minimum atomic E-state index is -0.214. The van der Waals surface area contributed by atoms with Gasteiger partial charge in [0.15, 0.2) is 12.3 Å². The average molecular weight is 323 g/mol. The zero-order valence-corrected chi connectivity index (χ0v) is 13.3. The Hall–Kier alpha value is -3.15. The van der Waals surface area contributed by atoms with Crippen LogP contribution in [0.4, 0.5) is 0 Å². The van der Waals surface area contributed by atoms with Crippen LogP contribution in [0.25, 0.3) is 0 Å². The first-order chi connectivity index (χ1) is 11.7. The molecule has 0 fully saturated rings. The van der Waals surface area contributed by atoms with Gasteiger partial charge in [-0.25, -0.2) is 4.98 Å². The highest BCUT2D eigenvalue weighted by Gasteiger charge is 2.17. The van der Waals surface area contributed by atoms with Crippen molar-refractivity contribution in [3.05, 3.63) is 78.3 Å². The van der Waals surface area contributed by atoms with Gasteiger partial charge >= 0.3 is 0 Å². The summed E-state index contributed by atoms with van der Waals surface area (Å²) < 4.78 is 10.9. The van der Waals surface area contributed by atoms with Gasteiger partial charge in [-0.15, -0.1) is 0 Å². The number of carbonyl (C=O) groups is 1. The van der Waals surface area contributed by atoms with Gasteiger partial charge in [0.2, 0.25) is 5.89 Å². The van der Waals surface area contributed by atoms with E-state index < -0.39 is 0 Å². The third-order valence-electron chi connectivity index (χ3n) is 3.37. The maximum Gasteiger partial charge on any atom is 0.275 e. The van der Waals surface area contributed by atoms with Gasteiger partial charge < -0.3 is 14.1 Å². The molecule has 1 amide bonds. The zero-order chi connectivity index (χ0) is 16.8. The monoisotopic (exact) mass is 323 g/mol. The summed E-state index contributed by atoms with van der Waals surface area (Å²) in [7, 11) is 1.71. The van der Waals surface area contributed by atoms with Crippen molar-refractivity contribution in [2.24, 2.45) is 0 Å². The predicted molar refractivity (Wildman–Crippen MR) is 87.3 cm³/mol. The largest absolute Gasteiger partial charge is 0.484 e. The van der Waals surface area contributed by atoms with E-state index in [1.807, 2.05) is 42.5 Å². The van der Waals surface area contributed by atoms with E-state index in [2.05, 4.69) is 9.97 Å². The highest BCUT2D eigenvalue weighted by Crippen LogP contribution is 2.13. The number of carbonyl (C=O) groups excluding carboxylic acids is 1. The predicted octanol–water partition coefficient (Wildman–Crippen LogP) is 2.92. The molecule has 6 heteroatoms. The number of ether oxygens (including phenoxy) is 1. The molecular weight excluding hydrogens is 306 g/mol. The first-order valence-corrected chi connectivity index (χ1v) is 7.49. The van der Waals surface area contributed by atoms with Crippen LogP contribution in [0.15, 0.2) is 65.5 Å².